The Labute approximate surface area is 179 Å². The first-order valence-electron chi connectivity index (χ1n) is 9.31. The number of rotatable bonds is 7. The highest BCUT2D eigenvalue weighted by molar-refractivity contribution is 6.33. The largest absolute Gasteiger partial charge is 0.493 e. The van der Waals surface area contributed by atoms with Gasteiger partial charge in [0.15, 0.2) is 11.5 Å². The third-order valence-electron chi connectivity index (χ3n) is 4.44. The Bertz CT molecular complexity index is 1040. The molecule has 0 spiro atoms. The Hall–Kier alpha value is -3.32. The zero-order valence-corrected chi connectivity index (χ0v) is 17.6. The van der Waals surface area contributed by atoms with Crippen molar-refractivity contribution < 1.29 is 24.2 Å². The summed E-state index contributed by atoms with van der Waals surface area (Å²) in [6.07, 6.45) is 2.48. The zero-order chi connectivity index (χ0) is 21.8. The summed E-state index contributed by atoms with van der Waals surface area (Å²) in [4.78, 5) is 24.1. The van der Waals surface area contributed by atoms with E-state index in [-0.39, 0.29) is 11.5 Å². The molecule has 1 aliphatic rings. The van der Waals surface area contributed by atoms with Crippen LogP contribution in [0, 0.1) is 0 Å². The molecule has 1 N–H and O–H groups in total. The number of carboxylic acids is 1. The molecule has 0 unspecified atom stereocenters. The van der Waals surface area contributed by atoms with Crippen molar-refractivity contribution in [3.8, 4) is 11.5 Å². The first kappa shape index (κ1) is 21.4. The average molecular weight is 429 g/mol. The van der Waals surface area contributed by atoms with E-state index >= 15 is 0 Å². The second-order valence-electron chi connectivity index (χ2n) is 6.59. The maximum atomic E-state index is 13.0. The molecule has 0 atom stereocenters. The van der Waals surface area contributed by atoms with E-state index in [1.807, 2.05) is 6.92 Å². The fourth-order valence-corrected chi connectivity index (χ4v) is 3.18. The number of carbonyl (C=O) groups is 2. The summed E-state index contributed by atoms with van der Waals surface area (Å²) in [5, 5.41) is 15.1. The molecule has 156 valence electrons. The molecule has 1 amide bonds. The summed E-state index contributed by atoms with van der Waals surface area (Å²) in [6, 6.07) is 9.29. The molecule has 30 heavy (non-hydrogen) atoms. The summed E-state index contributed by atoms with van der Waals surface area (Å²) >= 11 is 6.22. The number of hydrogen-bond donors (Lipinski definition) is 1. The van der Waals surface area contributed by atoms with Crippen molar-refractivity contribution in [1.29, 1.82) is 0 Å². The van der Waals surface area contributed by atoms with Gasteiger partial charge in [-0.2, -0.15) is 10.1 Å². The quantitative estimate of drug-likeness (QED) is 0.649. The highest BCUT2D eigenvalue weighted by Gasteiger charge is 2.29. The number of anilines is 1. The van der Waals surface area contributed by atoms with Crippen molar-refractivity contribution in [2.75, 3.05) is 18.7 Å². The predicted octanol–water partition coefficient (Wildman–Crippen LogP) is 4.64. The van der Waals surface area contributed by atoms with Crippen LogP contribution in [0.2, 0.25) is 5.02 Å². The van der Waals surface area contributed by atoms with Crippen molar-refractivity contribution >= 4 is 41.0 Å². The maximum Gasteiger partial charge on any atom is 0.335 e. The third-order valence-corrected chi connectivity index (χ3v) is 4.66. The van der Waals surface area contributed by atoms with Crippen LogP contribution < -0.4 is 14.5 Å². The van der Waals surface area contributed by atoms with Gasteiger partial charge in [-0.3, -0.25) is 4.79 Å². The Morgan fingerprint density at radius 1 is 1.27 bits per heavy atom. The number of methoxy groups -OCH3 is 1. The molecule has 0 saturated heterocycles. The number of hydrogen-bond acceptors (Lipinski definition) is 5. The van der Waals surface area contributed by atoms with Crippen molar-refractivity contribution in [3.05, 3.63) is 58.1 Å². The molecule has 0 radical (unpaired) electrons. The molecule has 1 aliphatic heterocycles. The first-order valence-corrected chi connectivity index (χ1v) is 9.69. The molecule has 0 fully saturated rings. The molecular formula is C22H21ClN2O5. The summed E-state index contributed by atoms with van der Waals surface area (Å²) in [6.45, 7) is 4.20. The number of carbonyl (C=O) groups excluding carboxylic acids is 1. The molecule has 3 rings (SSSR count). The number of benzene rings is 2. The molecule has 2 aromatic rings. The van der Waals surface area contributed by atoms with Crippen LogP contribution >= 0.6 is 11.6 Å². The lowest BCUT2D eigenvalue weighted by atomic mass is 10.1. The van der Waals surface area contributed by atoms with Crippen LogP contribution in [0.4, 0.5) is 5.69 Å². The third kappa shape index (κ3) is 4.31. The van der Waals surface area contributed by atoms with Crippen molar-refractivity contribution in [3.63, 3.8) is 0 Å². The van der Waals surface area contributed by atoms with Gasteiger partial charge in [-0.1, -0.05) is 18.5 Å². The molecule has 2 aromatic carbocycles. The highest BCUT2D eigenvalue weighted by Crippen LogP contribution is 2.37. The monoisotopic (exact) mass is 428 g/mol. The number of amides is 1. The number of nitrogens with zero attached hydrogens (tertiary/aromatic N) is 2. The van der Waals surface area contributed by atoms with Gasteiger partial charge in [-0.15, -0.1) is 0 Å². The van der Waals surface area contributed by atoms with Crippen LogP contribution in [0.3, 0.4) is 0 Å². The van der Waals surface area contributed by atoms with Crippen LogP contribution in [0.1, 0.15) is 36.2 Å². The molecule has 0 aliphatic carbocycles. The van der Waals surface area contributed by atoms with E-state index in [0.717, 1.165) is 6.42 Å². The van der Waals surface area contributed by atoms with E-state index in [1.165, 1.54) is 24.3 Å². The summed E-state index contributed by atoms with van der Waals surface area (Å²) < 4.78 is 11.2. The van der Waals surface area contributed by atoms with Crippen LogP contribution in [-0.4, -0.2) is 36.4 Å². The van der Waals surface area contributed by atoms with Crippen molar-refractivity contribution in [2.45, 2.75) is 20.3 Å². The Morgan fingerprint density at radius 3 is 2.57 bits per heavy atom. The topological polar surface area (TPSA) is 88.4 Å². The minimum absolute atomic E-state index is 0.130. The number of halogens is 1. The molecule has 7 nitrogen and oxygen atoms in total. The predicted molar refractivity (Wildman–Crippen MR) is 116 cm³/mol. The second-order valence-corrected chi connectivity index (χ2v) is 7.02. The number of hydrazone groups is 1. The fourth-order valence-electron chi connectivity index (χ4n) is 2.97. The van der Waals surface area contributed by atoms with Gasteiger partial charge in [-0.25, -0.2) is 4.79 Å². The maximum absolute atomic E-state index is 13.0. The van der Waals surface area contributed by atoms with Gasteiger partial charge in [0, 0.05) is 16.7 Å². The van der Waals surface area contributed by atoms with Crippen LogP contribution in [0.25, 0.3) is 6.08 Å². The van der Waals surface area contributed by atoms with Crippen LogP contribution in [0.5, 0.6) is 11.5 Å². The molecule has 0 aromatic heterocycles. The SMILES string of the molecule is CCCOc1c(/C=C2/C(=O)N(c3ccc(C(=O)O)cc3)N=C2C)cc(Cl)cc1OC. The molecule has 8 heteroatoms. The standard InChI is InChI=1S/C22H21ClN2O5/c1-4-9-30-20-15(10-16(23)12-19(20)29-3)11-18-13(2)24-25(21(18)26)17-7-5-14(6-8-17)22(27)28/h5-8,10-12H,4,9H2,1-3H3,(H,27,28)/b18-11+. The fraction of sp³-hybridized carbons (Fsp3) is 0.227. The lowest BCUT2D eigenvalue weighted by Crippen LogP contribution is -2.21. The second kappa shape index (κ2) is 9.00. The van der Waals surface area contributed by atoms with Gasteiger partial charge in [0.05, 0.1) is 36.3 Å². The lowest BCUT2D eigenvalue weighted by molar-refractivity contribution is -0.114. The van der Waals surface area contributed by atoms with Gasteiger partial charge in [0.25, 0.3) is 5.91 Å². The van der Waals surface area contributed by atoms with Gasteiger partial charge in [-0.05, 0) is 49.8 Å². The smallest absolute Gasteiger partial charge is 0.335 e. The normalized spacial score (nSPS) is 14.8. The Balaban J connectivity index is 1.99. The van der Waals surface area contributed by atoms with Gasteiger partial charge in [0.1, 0.15) is 0 Å². The molecular weight excluding hydrogens is 408 g/mol. The number of aromatic carboxylic acids is 1. The number of carboxylic acid groups (broad SMARTS) is 1. The Morgan fingerprint density at radius 2 is 1.97 bits per heavy atom. The van der Waals surface area contributed by atoms with E-state index in [1.54, 1.807) is 37.3 Å². The van der Waals surface area contributed by atoms with E-state index in [0.29, 0.717) is 45.7 Å². The number of ether oxygens (including phenoxy) is 2. The van der Waals surface area contributed by atoms with Gasteiger partial charge >= 0.3 is 5.97 Å². The first-order chi connectivity index (χ1) is 14.3. The van der Waals surface area contributed by atoms with Crippen LogP contribution in [-0.2, 0) is 4.79 Å². The molecule has 1 heterocycles. The van der Waals surface area contributed by atoms with Crippen LogP contribution in [0.15, 0.2) is 47.1 Å². The van der Waals surface area contributed by atoms with E-state index < -0.39 is 5.97 Å². The summed E-state index contributed by atoms with van der Waals surface area (Å²) in [5.41, 5.74) is 2.10. The lowest BCUT2D eigenvalue weighted by Gasteiger charge is -2.14. The summed E-state index contributed by atoms with van der Waals surface area (Å²) in [7, 11) is 1.53. The highest BCUT2D eigenvalue weighted by atomic mass is 35.5. The van der Waals surface area contributed by atoms with E-state index in [9.17, 15) is 9.59 Å². The van der Waals surface area contributed by atoms with Gasteiger partial charge < -0.3 is 14.6 Å². The Kier molecular flexibility index (Phi) is 6.42. The van der Waals surface area contributed by atoms with Gasteiger partial charge in [0.2, 0.25) is 0 Å². The summed E-state index contributed by atoms with van der Waals surface area (Å²) in [5.74, 6) is -0.398. The molecule has 0 bridgehead atoms. The minimum Gasteiger partial charge on any atom is -0.493 e. The average Bonchev–Trinajstić information content (AvgIpc) is 3.01. The molecule has 0 saturated carbocycles. The zero-order valence-electron chi connectivity index (χ0n) is 16.8. The van der Waals surface area contributed by atoms with E-state index in [4.69, 9.17) is 26.2 Å². The van der Waals surface area contributed by atoms with Crippen molar-refractivity contribution in [1.82, 2.24) is 0 Å². The van der Waals surface area contributed by atoms with Crippen molar-refractivity contribution in [2.24, 2.45) is 5.10 Å². The minimum atomic E-state index is -1.04. The van der Waals surface area contributed by atoms with E-state index in [2.05, 4.69) is 5.10 Å².